The van der Waals surface area contributed by atoms with Gasteiger partial charge in [0.2, 0.25) is 0 Å². The van der Waals surface area contributed by atoms with Gasteiger partial charge in [-0.15, -0.1) is 0 Å². The number of hydrogen-bond acceptors (Lipinski definition) is 3. The molecule has 1 aromatic rings. The van der Waals surface area contributed by atoms with Crippen LogP contribution in [0.3, 0.4) is 0 Å². The molecule has 9 heteroatoms. The van der Waals surface area contributed by atoms with E-state index in [4.69, 9.17) is 5.11 Å². The molecule has 5 nitrogen and oxygen atoms in total. The first kappa shape index (κ1) is 17.9. The van der Waals surface area contributed by atoms with Crippen molar-refractivity contribution in [2.45, 2.75) is 12.7 Å². The smallest absolute Gasteiger partial charge is 0.395 e. The fourth-order valence-corrected chi connectivity index (χ4v) is 3.04. The SMILES string of the molecule is CN(Cc1ccccc1)S(=O)(=O)N(CCO)CC(F)(F)F. The van der Waals surface area contributed by atoms with Gasteiger partial charge < -0.3 is 5.11 Å². The van der Waals surface area contributed by atoms with Gasteiger partial charge in [0.25, 0.3) is 10.2 Å². The van der Waals surface area contributed by atoms with Crippen molar-refractivity contribution in [1.82, 2.24) is 8.61 Å². The number of alkyl halides is 3. The van der Waals surface area contributed by atoms with Gasteiger partial charge in [0.15, 0.2) is 0 Å². The summed E-state index contributed by atoms with van der Waals surface area (Å²) in [5.41, 5.74) is 0.652. The summed E-state index contributed by atoms with van der Waals surface area (Å²) < 4.78 is 62.7. The molecule has 21 heavy (non-hydrogen) atoms. The van der Waals surface area contributed by atoms with Crippen molar-refractivity contribution in [3.63, 3.8) is 0 Å². The Labute approximate surface area is 121 Å². The minimum Gasteiger partial charge on any atom is -0.395 e. The van der Waals surface area contributed by atoms with Gasteiger partial charge in [-0.25, -0.2) is 0 Å². The van der Waals surface area contributed by atoms with Gasteiger partial charge in [0, 0.05) is 20.1 Å². The maximum Gasteiger partial charge on any atom is 0.402 e. The van der Waals surface area contributed by atoms with Crippen LogP contribution in [0.25, 0.3) is 0 Å². The first-order valence-electron chi connectivity index (χ1n) is 6.10. The zero-order valence-corrected chi connectivity index (χ0v) is 12.2. The van der Waals surface area contributed by atoms with Gasteiger partial charge in [-0.1, -0.05) is 30.3 Å². The number of rotatable bonds is 7. The third-order valence-electron chi connectivity index (χ3n) is 2.67. The first-order valence-corrected chi connectivity index (χ1v) is 7.49. The summed E-state index contributed by atoms with van der Waals surface area (Å²) in [4.78, 5) is 0. The zero-order valence-electron chi connectivity index (χ0n) is 11.4. The van der Waals surface area contributed by atoms with E-state index in [-0.39, 0.29) is 10.8 Å². The van der Waals surface area contributed by atoms with Crippen LogP contribution >= 0.6 is 0 Å². The van der Waals surface area contributed by atoms with E-state index in [1.807, 2.05) is 0 Å². The molecule has 1 aromatic carbocycles. The van der Waals surface area contributed by atoms with Crippen LogP contribution < -0.4 is 0 Å². The predicted molar refractivity (Wildman–Crippen MR) is 71.5 cm³/mol. The molecule has 1 N–H and O–H groups in total. The fourth-order valence-electron chi connectivity index (χ4n) is 1.71. The van der Waals surface area contributed by atoms with Crippen molar-refractivity contribution in [2.24, 2.45) is 0 Å². The molecule has 0 amide bonds. The summed E-state index contributed by atoms with van der Waals surface area (Å²) in [5.74, 6) is 0. The number of aliphatic hydroxyl groups excluding tert-OH is 1. The normalized spacial score (nSPS) is 13.1. The molecule has 0 unspecified atom stereocenters. The van der Waals surface area contributed by atoms with Gasteiger partial charge in [-0.3, -0.25) is 0 Å². The standard InChI is InChI=1S/C12H17F3N2O3S/c1-16(9-11-5-3-2-4-6-11)21(19,20)17(7-8-18)10-12(13,14)15/h2-6,18H,7-10H2,1H3. The summed E-state index contributed by atoms with van der Waals surface area (Å²) in [5, 5.41) is 8.78. The minimum absolute atomic E-state index is 0.0526. The minimum atomic E-state index is -4.67. The predicted octanol–water partition coefficient (Wildman–Crippen LogP) is 1.22. The van der Waals surface area contributed by atoms with E-state index in [2.05, 4.69) is 0 Å². The molecule has 0 bridgehead atoms. The summed E-state index contributed by atoms with van der Waals surface area (Å²) >= 11 is 0. The lowest BCUT2D eigenvalue weighted by atomic mass is 10.2. The zero-order chi connectivity index (χ0) is 16.1. The number of halogens is 3. The molecule has 0 saturated heterocycles. The lowest BCUT2D eigenvalue weighted by molar-refractivity contribution is -0.137. The second-order valence-corrected chi connectivity index (χ2v) is 6.46. The van der Waals surface area contributed by atoms with E-state index in [1.54, 1.807) is 30.3 Å². The van der Waals surface area contributed by atoms with Crippen molar-refractivity contribution >= 4 is 10.2 Å². The average Bonchev–Trinajstić information content (AvgIpc) is 2.37. The number of hydrogen-bond donors (Lipinski definition) is 1. The summed E-state index contributed by atoms with van der Waals surface area (Å²) in [6.45, 7) is -2.98. The quantitative estimate of drug-likeness (QED) is 0.819. The third-order valence-corrected chi connectivity index (χ3v) is 4.55. The average molecular weight is 326 g/mol. The second-order valence-electron chi connectivity index (χ2n) is 4.42. The van der Waals surface area contributed by atoms with Gasteiger partial charge >= 0.3 is 6.18 Å². The van der Waals surface area contributed by atoms with E-state index >= 15 is 0 Å². The topological polar surface area (TPSA) is 60.9 Å². The number of nitrogens with zero attached hydrogens (tertiary/aromatic N) is 2. The number of benzene rings is 1. The van der Waals surface area contributed by atoms with Crippen molar-refractivity contribution in [3.8, 4) is 0 Å². The Kier molecular flexibility index (Phi) is 6.14. The van der Waals surface area contributed by atoms with Crippen LogP contribution in [0.1, 0.15) is 5.56 Å². The third kappa shape index (κ3) is 5.62. The molecule has 0 atom stereocenters. The monoisotopic (exact) mass is 326 g/mol. The maximum atomic E-state index is 12.4. The highest BCUT2D eigenvalue weighted by Crippen LogP contribution is 2.20. The highest BCUT2D eigenvalue weighted by Gasteiger charge is 2.37. The van der Waals surface area contributed by atoms with Crippen molar-refractivity contribution in [2.75, 3.05) is 26.7 Å². The molecular formula is C12H17F3N2O3S. The fraction of sp³-hybridized carbons (Fsp3) is 0.500. The Balaban J connectivity index is 2.89. The lowest BCUT2D eigenvalue weighted by Crippen LogP contribution is -2.46. The Morgan fingerprint density at radius 1 is 1.19 bits per heavy atom. The molecule has 0 fully saturated rings. The van der Waals surface area contributed by atoms with Gasteiger partial charge in [-0.2, -0.15) is 30.2 Å². The van der Waals surface area contributed by atoms with E-state index in [1.165, 1.54) is 7.05 Å². The summed E-state index contributed by atoms with van der Waals surface area (Å²) in [6, 6.07) is 8.51. The van der Waals surface area contributed by atoms with Crippen LogP contribution in [0, 0.1) is 0 Å². The molecular weight excluding hydrogens is 309 g/mol. The Bertz CT molecular complexity index is 534. The lowest BCUT2D eigenvalue weighted by Gasteiger charge is -2.27. The van der Waals surface area contributed by atoms with Crippen molar-refractivity contribution in [1.29, 1.82) is 0 Å². The highest BCUT2D eigenvalue weighted by atomic mass is 32.2. The largest absolute Gasteiger partial charge is 0.402 e. The molecule has 0 spiro atoms. The van der Waals surface area contributed by atoms with E-state index in [9.17, 15) is 21.6 Å². The molecule has 1 rings (SSSR count). The molecule has 120 valence electrons. The van der Waals surface area contributed by atoms with Crippen LogP contribution in [-0.2, 0) is 16.8 Å². The number of aliphatic hydroxyl groups is 1. The van der Waals surface area contributed by atoms with Crippen LogP contribution in [0.4, 0.5) is 13.2 Å². The first-order chi connectivity index (χ1) is 9.66. The van der Waals surface area contributed by atoms with Crippen LogP contribution in [0.5, 0.6) is 0 Å². The molecule has 0 heterocycles. The molecule has 0 aliphatic heterocycles. The van der Waals surface area contributed by atoms with Gasteiger partial charge in [0.05, 0.1) is 6.61 Å². The molecule has 0 aliphatic rings. The van der Waals surface area contributed by atoms with Crippen molar-refractivity contribution in [3.05, 3.63) is 35.9 Å². The molecule has 0 saturated carbocycles. The molecule has 0 radical (unpaired) electrons. The van der Waals surface area contributed by atoms with E-state index < -0.39 is 36.1 Å². The van der Waals surface area contributed by atoms with Gasteiger partial charge in [-0.05, 0) is 5.56 Å². The van der Waals surface area contributed by atoms with E-state index in [0.29, 0.717) is 5.56 Å². The Morgan fingerprint density at radius 2 is 1.76 bits per heavy atom. The Morgan fingerprint density at radius 3 is 2.24 bits per heavy atom. The summed E-state index contributed by atoms with van der Waals surface area (Å²) in [6.07, 6.45) is -4.67. The van der Waals surface area contributed by atoms with Gasteiger partial charge in [0.1, 0.15) is 6.54 Å². The van der Waals surface area contributed by atoms with Crippen LogP contribution in [0.15, 0.2) is 30.3 Å². The molecule has 0 aliphatic carbocycles. The van der Waals surface area contributed by atoms with Crippen LogP contribution in [0.2, 0.25) is 0 Å². The summed E-state index contributed by atoms with van der Waals surface area (Å²) in [7, 11) is -3.11. The highest BCUT2D eigenvalue weighted by molar-refractivity contribution is 7.86. The van der Waals surface area contributed by atoms with Crippen LogP contribution in [-0.4, -0.2) is 55.1 Å². The second kappa shape index (κ2) is 7.21. The molecule has 0 aromatic heterocycles. The Hall–Kier alpha value is -1.16. The maximum absolute atomic E-state index is 12.4. The van der Waals surface area contributed by atoms with Crippen molar-refractivity contribution < 1.29 is 26.7 Å². The van der Waals surface area contributed by atoms with E-state index in [0.717, 1.165) is 4.31 Å².